The second-order valence-corrected chi connectivity index (χ2v) is 7.64. The number of halogens is 1. The van der Waals surface area contributed by atoms with Gasteiger partial charge in [0.1, 0.15) is 5.82 Å². The summed E-state index contributed by atoms with van der Waals surface area (Å²) in [5.41, 5.74) is 1.91. The van der Waals surface area contributed by atoms with Gasteiger partial charge in [-0.3, -0.25) is 9.59 Å². The van der Waals surface area contributed by atoms with Crippen LogP contribution in [0.3, 0.4) is 0 Å². The number of amides is 2. The van der Waals surface area contributed by atoms with Gasteiger partial charge in [-0.15, -0.1) is 0 Å². The molecule has 1 unspecified atom stereocenters. The van der Waals surface area contributed by atoms with Gasteiger partial charge in [0, 0.05) is 18.7 Å². The summed E-state index contributed by atoms with van der Waals surface area (Å²) in [6.45, 7) is 6.57. The zero-order chi connectivity index (χ0) is 18.9. The molecule has 2 aromatic carbocycles. The van der Waals surface area contributed by atoms with E-state index in [-0.39, 0.29) is 29.3 Å². The monoisotopic (exact) mass is 354 g/mol. The highest BCUT2D eigenvalue weighted by atomic mass is 19.1. The molecule has 0 saturated carbocycles. The number of para-hydroxylation sites is 2. The topological polar surface area (TPSA) is 49.4 Å². The van der Waals surface area contributed by atoms with Crippen molar-refractivity contribution in [2.24, 2.45) is 5.92 Å². The lowest BCUT2D eigenvalue weighted by Gasteiger charge is -2.27. The van der Waals surface area contributed by atoms with Crippen LogP contribution in [0.1, 0.15) is 32.8 Å². The SMILES string of the molecule is CC(C)(C)c1ccccc1N1CC(C(=O)Nc2ccccc2F)CC1=O. The van der Waals surface area contributed by atoms with E-state index in [1.165, 1.54) is 12.1 Å². The van der Waals surface area contributed by atoms with Gasteiger partial charge in [-0.1, -0.05) is 51.1 Å². The smallest absolute Gasteiger partial charge is 0.229 e. The van der Waals surface area contributed by atoms with Gasteiger partial charge in [-0.05, 0) is 29.2 Å². The van der Waals surface area contributed by atoms with Gasteiger partial charge < -0.3 is 10.2 Å². The molecule has 0 radical (unpaired) electrons. The van der Waals surface area contributed by atoms with Crippen molar-refractivity contribution >= 4 is 23.2 Å². The number of hydrogen-bond acceptors (Lipinski definition) is 2. The first kappa shape index (κ1) is 18.1. The molecule has 0 aliphatic carbocycles. The van der Waals surface area contributed by atoms with E-state index in [4.69, 9.17) is 0 Å². The summed E-state index contributed by atoms with van der Waals surface area (Å²) in [5.74, 6) is -1.41. The Hall–Kier alpha value is -2.69. The number of rotatable bonds is 3. The Bertz CT molecular complexity index is 842. The number of nitrogens with zero attached hydrogens (tertiary/aromatic N) is 1. The van der Waals surface area contributed by atoms with E-state index in [0.717, 1.165) is 11.3 Å². The lowest BCUT2D eigenvalue weighted by Crippen LogP contribution is -2.30. The predicted octanol–water partition coefficient (Wildman–Crippen LogP) is 4.11. The fourth-order valence-corrected chi connectivity index (χ4v) is 3.26. The minimum atomic E-state index is -0.505. The molecule has 0 bridgehead atoms. The summed E-state index contributed by atoms with van der Waals surface area (Å²) in [4.78, 5) is 26.7. The molecule has 0 spiro atoms. The maximum Gasteiger partial charge on any atom is 0.229 e. The van der Waals surface area contributed by atoms with Gasteiger partial charge in [-0.25, -0.2) is 4.39 Å². The largest absolute Gasteiger partial charge is 0.323 e. The van der Waals surface area contributed by atoms with Gasteiger partial charge in [0.05, 0.1) is 11.6 Å². The van der Waals surface area contributed by atoms with E-state index in [2.05, 4.69) is 26.1 Å². The third kappa shape index (κ3) is 3.62. The standard InChI is InChI=1S/C21H23FN2O2/c1-21(2,3)15-8-4-7-11-18(15)24-13-14(12-19(24)25)20(26)23-17-10-6-5-9-16(17)22/h4-11,14H,12-13H2,1-3H3,(H,23,26). The van der Waals surface area contributed by atoms with Crippen LogP contribution >= 0.6 is 0 Å². The van der Waals surface area contributed by atoms with Gasteiger partial charge in [0.25, 0.3) is 0 Å². The van der Waals surface area contributed by atoms with Crippen LogP contribution in [-0.4, -0.2) is 18.4 Å². The van der Waals surface area contributed by atoms with Crippen molar-refractivity contribution in [2.45, 2.75) is 32.6 Å². The molecule has 1 atom stereocenters. The molecule has 26 heavy (non-hydrogen) atoms. The second-order valence-electron chi connectivity index (χ2n) is 7.64. The first-order valence-electron chi connectivity index (χ1n) is 8.72. The highest BCUT2D eigenvalue weighted by molar-refractivity contribution is 6.04. The van der Waals surface area contributed by atoms with Crippen LogP contribution in [0.25, 0.3) is 0 Å². The van der Waals surface area contributed by atoms with Crippen molar-refractivity contribution in [3.63, 3.8) is 0 Å². The Balaban J connectivity index is 1.80. The summed E-state index contributed by atoms with van der Waals surface area (Å²) in [7, 11) is 0. The van der Waals surface area contributed by atoms with E-state index in [9.17, 15) is 14.0 Å². The third-order valence-electron chi connectivity index (χ3n) is 4.63. The fourth-order valence-electron chi connectivity index (χ4n) is 3.26. The van der Waals surface area contributed by atoms with Gasteiger partial charge in [-0.2, -0.15) is 0 Å². The summed E-state index contributed by atoms with van der Waals surface area (Å²) >= 11 is 0. The molecule has 4 nitrogen and oxygen atoms in total. The van der Waals surface area contributed by atoms with Crippen molar-refractivity contribution < 1.29 is 14.0 Å². The molecule has 1 fully saturated rings. The summed E-state index contributed by atoms with van der Waals surface area (Å²) in [5, 5.41) is 2.60. The van der Waals surface area contributed by atoms with E-state index in [1.807, 2.05) is 24.3 Å². The van der Waals surface area contributed by atoms with Crippen molar-refractivity contribution in [3.05, 3.63) is 59.9 Å². The maximum atomic E-state index is 13.7. The van der Waals surface area contributed by atoms with E-state index in [0.29, 0.717) is 6.54 Å². The van der Waals surface area contributed by atoms with Crippen LogP contribution in [0.4, 0.5) is 15.8 Å². The van der Waals surface area contributed by atoms with E-state index >= 15 is 0 Å². The predicted molar refractivity (Wildman–Crippen MR) is 101 cm³/mol. The minimum Gasteiger partial charge on any atom is -0.323 e. The molecule has 2 aromatic rings. The van der Waals surface area contributed by atoms with Crippen LogP contribution in [0, 0.1) is 11.7 Å². The Morgan fingerprint density at radius 3 is 2.46 bits per heavy atom. The average Bonchev–Trinajstić information content (AvgIpc) is 2.98. The molecule has 1 heterocycles. The van der Waals surface area contributed by atoms with Crippen molar-refractivity contribution in [3.8, 4) is 0 Å². The van der Waals surface area contributed by atoms with Crippen LogP contribution in [0.15, 0.2) is 48.5 Å². The lowest BCUT2D eigenvalue weighted by molar-refractivity contribution is -0.122. The Kier molecular flexibility index (Phi) is 4.81. The Labute approximate surface area is 153 Å². The summed E-state index contributed by atoms with van der Waals surface area (Å²) < 4.78 is 13.7. The quantitative estimate of drug-likeness (QED) is 0.902. The number of benzene rings is 2. The number of hydrogen-bond donors (Lipinski definition) is 1. The zero-order valence-electron chi connectivity index (χ0n) is 15.3. The lowest BCUT2D eigenvalue weighted by atomic mass is 9.85. The minimum absolute atomic E-state index is 0.0876. The maximum absolute atomic E-state index is 13.7. The van der Waals surface area contributed by atoms with Gasteiger partial charge in [0.15, 0.2) is 0 Å². The fraction of sp³-hybridized carbons (Fsp3) is 0.333. The second kappa shape index (κ2) is 6.90. The van der Waals surface area contributed by atoms with Gasteiger partial charge >= 0.3 is 0 Å². The van der Waals surface area contributed by atoms with Crippen molar-refractivity contribution in [1.29, 1.82) is 0 Å². The van der Waals surface area contributed by atoms with Crippen LogP contribution in [0.2, 0.25) is 0 Å². The first-order chi connectivity index (χ1) is 12.3. The molecule has 136 valence electrons. The Morgan fingerprint density at radius 1 is 1.12 bits per heavy atom. The Morgan fingerprint density at radius 2 is 1.77 bits per heavy atom. The molecule has 1 saturated heterocycles. The van der Waals surface area contributed by atoms with Crippen molar-refractivity contribution in [1.82, 2.24) is 0 Å². The number of anilines is 2. The number of carbonyl (C=O) groups excluding carboxylic acids is 2. The normalized spacial score (nSPS) is 17.5. The first-order valence-corrected chi connectivity index (χ1v) is 8.72. The molecular formula is C21H23FN2O2. The van der Waals surface area contributed by atoms with E-state index < -0.39 is 11.7 Å². The number of carbonyl (C=O) groups is 2. The zero-order valence-corrected chi connectivity index (χ0v) is 15.3. The van der Waals surface area contributed by atoms with Crippen LogP contribution < -0.4 is 10.2 Å². The molecule has 1 N–H and O–H groups in total. The molecule has 0 aromatic heterocycles. The molecular weight excluding hydrogens is 331 g/mol. The molecule has 2 amide bonds. The van der Waals surface area contributed by atoms with Crippen LogP contribution in [-0.2, 0) is 15.0 Å². The third-order valence-corrected chi connectivity index (χ3v) is 4.63. The van der Waals surface area contributed by atoms with Gasteiger partial charge in [0.2, 0.25) is 11.8 Å². The molecule has 3 rings (SSSR count). The highest BCUT2D eigenvalue weighted by Gasteiger charge is 2.37. The van der Waals surface area contributed by atoms with Crippen molar-refractivity contribution in [2.75, 3.05) is 16.8 Å². The number of nitrogens with one attached hydrogen (secondary N) is 1. The van der Waals surface area contributed by atoms with E-state index in [1.54, 1.807) is 17.0 Å². The molecule has 1 aliphatic heterocycles. The molecule has 5 heteroatoms. The summed E-state index contributed by atoms with van der Waals surface area (Å²) in [6.07, 6.45) is 0.124. The molecule has 1 aliphatic rings. The highest BCUT2D eigenvalue weighted by Crippen LogP contribution is 2.35. The van der Waals surface area contributed by atoms with Crippen LogP contribution in [0.5, 0.6) is 0 Å². The average molecular weight is 354 g/mol. The summed E-state index contributed by atoms with van der Waals surface area (Å²) in [6, 6.07) is 13.8.